The van der Waals surface area contributed by atoms with Crippen LogP contribution in [0.5, 0.6) is 5.75 Å². The number of benzene rings is 5. The quantitative estimate of drug-likeness (QED) is 0.0280. The minimum Gasteiger partial charge on any atom is -0.748 e. The van der Waals surface area contributed by atoms with Gasteiger partial charge < -0.3 is 28.6 Å². The number of alkyl halides is 6. The van der Waals surface area contributed by atoms with E-state index >= 15 is 0 Å². The summed E-state index contributed by atoms with van der Waals surface area (Å²) in [5.41, 5.74) is -7.61. The lowest BCUT2D eigenvalue weighted by Gasteiger charge is -2.60. The van der Waals surface area contributed by atoms with Gasteiger partial charge in [-0.25, -0.2) is 8.42 Å². The average molecular weight is 1470 g/mol. The van der Waals surface area contributed by atoms with Gasteiger partial charge in [-0.2, -0.15) is 26.3 Å². The number of aromatic nitrogens is 1. The molecule has 3 atom stereocenters. The molecule has 6 aliphatic carbocycles. The molecule has 21 heteroatoms. The molecule has 0 spiro atoms. The maximum atomic E-state index is 13.7. The summed E-state index contributed by atoms with van der Waals surface area (Å²) in [6.07, 6.45) is 2.70. The highest BCUT2D eigenvalue weighted by molar-refractivity contribution is 7.85. The SMILES string of the molecule is CCC(C)(C)C(=O)OC1(c2ccccc2)CCCC1.CCC(C)(C)C(=O)OC1(c2ccncc2)CCCC1.CCC(C)(C)C(=O)OC12CC3CC(C1)CC(C(=O)OC(CS(=O)(=O)[O-])(C(F)(F)F)C(F)(F)F)(C3)C2.CCC(C)c1ccc(O)cc1.c1ccc(-[s+]2c3ccccc3c3ccccc32)cc1. The number of esters is 4. The molecule has 2 aromatic heterocycles. The molecule has 6 saturated carbocycles. The molecular weight excluding hydrogens is 1370 g/mol. The summed E-state index contributed by atoms with van der Waals surface area (Å²) in [7, 11) is -6.07. The third-order valence-corrected chi connectivity index (χ3v) is 25.2. The van der Waals surface area contributed by atoms with Gasteiger partial charge in [0.25, 0.3) is 0 Å². The number of phenols is 1. The molecule has 7 aromatic rings. The van der Waals surface area contributed by atoms with Crippen molar-refractivity contribution in [2.45, 2.75) is 232 Å². The highest BCUT2D eigenvalue weighted by Crippen LogP contribution is 2.64. The third kappa shape index (κ3) is 18.8. The molecule has 1 N–H and O–H groups in total. The minimum absolute atomic E-state index is 0.0594. The topological polar surface area (TPSA) is 196 Å². The molecule has 13 nitrogen and oxygen atoms in total. The molecule has 0 saturated heterocycles. The summed E-state index contributed by atoms with van der Waals surface area (Å²) >= 11 is 0. The molecule has 4 bridgehead atoms. The van der Waals surface area contributed by atoms with Crippen LogP contribution in [0.15, 0.2) is 158 Å². The number of carbonyl (C=O) groups is 4. The molecule has 0 radical (unpaired) electrons. The van der Waals surface area contributed by atoms with Gasteiger partial charge in [-0.1, -0.05) is 120 Å². The van der Waals surface area contributed by atoms with Crippen molar-refractivity contribution in [1.29, 1.82) is 0 Å². The summed E-state index contributed by atoms with van der Waals surface area (Å²) in [6, 6.07) is 50.0. The van der Waals surface area contributed by atoms with Gasteiger partial charge in [0.2, 0.25) is 0 Å². The van der Waals surface area contributed by atoms with Crippen LogP contribution in [0, 0.1) is 33.5 Å². The highest BCUT2D eigenvalue weighted by Gasteiger charge is 2.76. The van der Waals surface area contributed by atoms with E-state index < -0.39 is 78.6 Å². The van der Waals surface area contributed by atoms with Gasteiger partial charge in [0.1, 0.15) is 22.6 Å². The van der Waals surface area contributed by atoms with E-state index in [1.54, 1.807) is 45.3 Å². The Balaban J connectivity index is 0.000000171. The van der Waals surface area contributed by atoms with Crippen molar-refractivity contribution >= 4 is 64.6 Å². The Morgan fingerprint density at radius 2 is 0.961 bits per heavy atom. The van der Waals surface area contributed by atoms with E-state index in [1.807, 2.05) is 84.0 Å². The largest absolute Gasteiger partial charge is 0.748 e. The van der Waals surface area contributed by atoms with Gasteiger partial charge in [0.05, 0.1) is 37.5 Å². The first-order valence-corrected chi connectivity index (χ1v) is 38.8. The molecule has 0 amide bonds. The minimum atomic E-state index is -6.43. The molecule has 3 unspecified atom stereocenters. The van der Waals surface area contributed by atoms with Crippen LogP contribution in [0.4, 0.5) is 26.3 Å². The summed E-state index contributed by atoms with van der Waals surface area (Å²) in [5, 5.41) is 11.8. The van der Waals surface area contributed by atoms with Crippen LogP contribution < -0.4 is 0 Å². The lowest BCUT2D eigenvalue weighted by Crippen LogP contribution is -2.66. The number of rotatable bonds is 18. The zero-order chi connectivity index (χ0) is 75.7. The van der Waals surface area contributed by atoms with Gasteiger partial charge in [-0.05, 0) is 246 Å². The number of aromatic hydroxyl groups is 1. The van der Waals surface area contributed by atoms with E-state index in [2.05, 4.69) is 115 Å². The number of pyridine rings is 1. The molecule has 6 fully saturated rings. The van der Waals surface area contributed by atoms with Crippen molar-refractivity contribution in [3.63, 3.8) is 0 Å². The van der Waals surface area contributed by atoms with E-state index in [1.165, 1.54) is 30.6 Å². The maximum Gasteiger partial charge on any atom is 0.438 e. The Kier molecular flexibility index (Phi) is 25.7. The first kappa shape index (κ1) is 81.3. The number of phenolic OH excluding ortho intramolecular Hbond substituents is 1. The van der Waals surface area contributed by atoms with Gasteiger partial charge in [0, 0.05) is 40.1 Å². The second-order valence-electron chi connectivity index (χ2n) is 30.7. The van der Waals surface area contributed by atoms with Crippen LogP contribution >= 0.6 is 10.5 Å². The van der Waals surface area contributed by atoms with Crippen LogP contribution in [0.2, 0.25) is 0 Å². The number of hydrogen-bond acceptors (Lipinski definition) is 13. The molecule has 2 heterocycles. The van der Waals surface area contributed by atoms with Crippen LogP contribution in [-0.2, 0) is 59.4 Å². The molecule has 103 heavy (non-hydrogen) atoms. The number of carbonyl (C=O) groups excluding carboxylic acids is 4. The van der Waals surface area contributed by atoms with Crippen LogP contribution in [0.3, 0.4) is 0 Å². The van der Waals surface area contributed by atoms with Crippen molar-refractivity contribution in [2.75, 3.05) is 5.75 Å². The summed E-state index contributed by atoms with van der Waals surface area (Å²) < 4.78 is 140. The molecule has 560 valence electrons. The Labute approximate surface area is 606 Å². The van der Waals surface area contributed by atoms with E-state index in [4.69, 9.17) is 19.3 Å². The first-order valence-electron chi connectivity index (χ1n) is 36.0. The van der Waals surface area contributed by atoms with E-state index in [0.29, 0.717) is 37.4 Å². The molecule has 6 aliphatic rings. The molecule has 13 rings (SSSR count). The molecular formula is C82H101F6NO12S2. The van der Waals surface area contributed by atoms with Crippen LogP contribution in [-0.4, -0.2) is 76.2 Å². The normalized spacial score (nSPS) is 20.8. The fraction of sp³-hybridized carbons (Fsp3) is 0.524. The Morgan fingerprint density at radius 3 is 1.37 bits per heavy atom. The van der Waals surface area contributed by atoms with Gasteiger partial charge in [-0.3, -0.25) is 24.2 Å². The van der Waals surface area contributed by atoms with E-state index in [-0.39, 0.29) is 59.1 Å². The average Bonchev–Trinajstić information content (AvgIpc) is 1.59. The Morgan fingerprint density at radius 1 is 0.563 bits per heavy atom. The first-order chi connectivity index (χ1) is 48.3. The van der Waals surface area contributed by atoms with Crippen molar-refractivity contribution in [3.05, 3.63) is 175 Å². The number of halogens is 6. The van der Waals surface area contributed by atoms with Crippen molar-refractivity contribution in [1.82, 2.24) is 4.98 Å². The maximum absolute atomic E-state index is 13.7. The zero-order valence-electron chi connectivity index (χ0n) is 61.1. The van der Waals surface area contributed by atoms with E-state index in [0.717, 1.165) is 81.8 Å². The summed E-state index contributed by atoms with van der Waals surface area (Å²) in [4.78, 5) is 56.1. The number of thiophene rings is 1. The Bertz CT molecular complexity index is 3940. The molecule has 0 aliphatic heterocycles. The van der Waals surface area contributed by atoms with Crippen molar-refractivity contribution < 1.29 is 82.5 Å². The predicted octanol–water partition coefficient (Wildman–Crippen LogP) is 21.2. The predicted molar refractivity (Wildman–Crippen MR) is 389 cm³/mol. The lowest BCUT2D eigenvalue weighted by molar-refractivity contribution is -0.365. The summed E-state index contributed by atoms with van der Waals surface area (Å²) in [5.74, 6) is -5.36. The lowest BCUT2D eigenvalue weighted by atomic mass is 9.48. The Hall–Kier alpha value is -7.36. The second kappa shape index (κ2) is 32.6. The second-order valence-corrected chi connectivity index (χ2v) is 34.1. The van der Waals surface area contributed by atoms with Crippen LogP contribution in [0.25, 0.3) is 25.1 Å². The number of ether oxygens (including phenoxy) is 4. The fourth-order valence-electron chi connectivity index (χ4n) is 14.8. The monoisotopic (exact) mass is 1470 g/mol. The summed E-state index contributed by atoms with van der Waals surface area (Å²) in [6.45, 7) is 21.2. The zero-order valence-corrected chi connectivity index (χ0v) is 62.8. The van der Waals surface area contributed by atoms with Crippen molar-refractivity contribution in [3.8, 4) is 10.6 Å². The number of fused-ring (bicyclic) bond motifs is 3. The number of nitrogens with zero attached hydrogens (tertiary/aromatic N) is 1. The van der Waals surface area contributed by atoms with Gasteiger partial charge in [-0.15, -0.1) is 0 Å². The van der Waals surface area contributed by atoms with Gasteiger partial charge in [0.15, 0.2) is 14.3 Å². The molecule has 5 aromatic carbocycles. The van der Waals surface area contributed by atoms with Crippen molar-refractivity contribution in [2.24, 2.45) is 33.5 Å². The fourth-order valence-corrected chi connectivity index (χ4v) is 18.1. The third-order valence-electron chi connectivity index (χ3n) is 22.1. The smallest absolute Gasteiger partial charge is 0.438 e. The highest BCUT2D eigenvalue weighted by atomic mass is 32.2. The van der Waals surface area contributed by atoms with Gasteiger partial charge >= 0.3 is 41.8 Å². The van der Waals surface area contributed by atoms with E-state index in [9.17, 15) is 58.5 Å². The standard InChI is InChI=1S/C21H28F6O7S.C18H13S.C17H24O2.C16H23NO2.C10H14O/c1-4-16(2,3)14(28)33-18-8-12-5-13(9-18)7-17(6-12,10-18)15(29)34-19(20(22,23)24,21(25,26)27)11-35(30,31)32;1-2-8-14(9-3-1)19-17-12-6-4-10-15(17)16-11-5-7-13-18(16)19;1-4-16(2,3)15(18)19-17(12-8-9-13-17)14-10-6-5-7-11-14;1-4-15(2,3)14(18)19-16(9-5-6-10-16)13-7-11-17-12-8-13;1-3-8(2)9-4-6-10(11)7-5-9/h12-13H,4-11H2,1-3H3,(H,30,31,32);1-13H;5-7,10-11H,4,8-9,12-13H2,1-3H3;7-8,11-12H,4-6,9-10H2,1-3H3;4-8,11H,3H2,1-2H3/q;+1;;;/p-1. The number of hydrogen-bond donors (Lipinski definition) is 1. The van der Waals surface area contributed by atoms with Crippen LogP contribution in [0.1, 0.15) is 214 Å².